The summed E-state index contributed by atoms with van der Waals surface area (Å²) in [5.41, 5.74) is -2.19. The van der Waals surface area contributed by atoms with Crippen molar-refractivity contribution in [3.63, 3.8) is 0 Å². The Morgan fingerprint density at radius 1 is 1.24 bits per heavy atom. The molecular formula is C12H20O5. The van der Waals surface area contributed by atoms with E-state index in [1.54, 1.807) is 20.8 Å². The van der Waals surface area contributed by atoms with Crippen LogP contribution in [0, 0.1) is 0 Å². The van der Waals surface area contributed by atoms with Gasteiger partial charge in [0.25, 0.3) is 0 Å². The predicted octanol–water partition coefficient (Wildman–Crippen LogP) is 1.20. The van der Waals surface area contributed by atoms with Gasteiger partial charge < -0.3 is 14.6 Å². The van der Waals surface area contributed by atoms with Crippen LogP contribution >= 0.6 is 0 Å². The second-order valence-electron chi connectivity index (χ2n) is 4.91. The molecule has 0 fully saturated rings. The zero-order valence-electron chi connectivity index (χ0n) is 10.9. The Balaban J connectivity index is 4.29. The number of esters is 2. The first kappa shape index (κ1) is 15.6. The van der Waals surface area contributed by atoms with Crippen LogP contribution in [0.1, 0.15) is 34.1 Å². The Kier molecular flexibility index (Phi) is 5.35. The van der Waals surface area contributed by atoms with Gasteiger partial charge in [0.2, 0.25) is 0 Å². The molecule has 5 heteroatoms. The molecule has 0 radical (unpaired) electrons. The van der Waals surface area contributed by atoms with Crippen molar-refractivity contribution in [3.8, 4) is 0 Å². The molecule has 0 bridgehead atoms. The Morgan fingerprint density at radius 3 is 2.18 bits per heavy atom. The van der Waals surface area contributed by atoms with E-state index in [4.69, 9.17) is 4.74 Å². The van der Waals surface area contributed by atoms with Gasteiger partial charge in [-0.2, -0.15) is 0 Å². The van der Waals surface area contributed by atoms with Crippen molar-refractivity contribution in [1.82, 2.24) is 0 Å². The SMILES string of the molecule is COC(=O)C(C)(O)C/C=C/C(=O)OC(C)(C)C. The van der Waals surface area contributed by atoms with Crippen LogP contribution in [-0.4, -0.2) is 35.4 Å². The van der Waals surface area contributed by atoms with Gasteiger partial charge in [0.1, 0.15) is 5.60 Å². The fraction of sp³-hybridized carbons (Fsp3) is 0.667. The maximum atomic E-state index is 11.3. The molecule has 0 aliphatic rings. The van der Waals surface area contributed by atoms with Crippen LogP contribution in [0.4, 0.5) is 0 Å². The molecule has 0 rings (SSSR count). The van der Waals surface area contributed by atoms with Crippen molar-refractivity contribution >= 4 is 11.9 Å². The Morgan fingerprint density at radius 2 is 1.76 bits per heavy atom. The van der Waals surface area contributed by atoms with Crippen LogP contribution in [-0.2, 0) is 19.1 Å². The van der Waals surface area contributed by atoms with Gasteiger partial charge >= 0.3 is 11.9 Å². The largest absolute Gasteiger partial charge is 0.467 e. The number of carbonyl (C=O) groups excluding carboxylic acids is 2. The summed E-state index contributed by atoms with van der Waals surface area (Å²) in [6.45, 7) is 6.58. The van der Waals surface area contributed by atoms with Crippen molar-refractivity contribution in [3.05, 3.63) is 12.2 Å². The van der Waals surface area contributed by atoms with E-state index in [2.05, 4.69) is 4.74 Å². The van der Waals surface area contributed by atoms with E-state index in [9.17, 15) is 14.7 Å². The van der Waals surface area contributed by atoms with Crippen LogP contribution in [0.3, 0.4) is 0 Å². The average molecular weight is 244 g/mol. The number of methoxy groups -OCH3 is 1. The number of rotatable bonds is 4. The summed E-state index contributed by atoms with van der Waals surface area (Å²) >= 11 is 0. The van der Waals surface area contributed by atoms with E-state index in [1.807, 2.05) is 0 Å². The molecule has 1 unspecified atom stereocenters. The number of hydrogen-bond donors (Lipinski definition) is 1. The monoisotopic (exact) mass is 244 g/mol. The van der Waals surface area contributed by atoms with E-state index in [0.717, 1.165) is 0 Å². The first-order valence-electron chi connectivity index (χ1n) is 5.29. The van der Waals surface area contributed by atoms with Gasteiger partial charge in [-0.25, -0.2) is 9.59 Å². The minimum Gasteiger partial charge on any atom is -0.467 e. The van der Waals surface area contributed by atoms with Gasteiger partial charge in [-0.15, -0.1) is 0 Å². The van der Waals surface area contributed by atoms with Crippen molar-refractivity contribution in [1.29, 1.82) is 0 Å². The fourth-order valence-corrected chi connectivity index (χ4v) is 1.02. The minimum absolute atomic E-state index is 0.0150. The molecule has 1 atom stereocenters. The van der Waals surface area contributed by atoms with Gasteiger partial charge in [0, 0.05) is 12.5 Å². The van der Waals surface area contributed by atoms with Crippen molar-refractivity contribution in [2.45, 2.75) is 45.3 Å². The highest BCUT2D eigenvalue weighted by Gasteiger charge is 2.29. The molecule has 0 aromatic rings. The van der Waals surface area contributed by atoms with Gasteiger partial charge in [0.15, 0.2) is 5.60 Å². The maximum Gasteiger partial charge on any atom is 0.337 e. The summed E-state index contributed by atoms with van der Waals surface area (Å²) in [4.78, 5) is 22.4. The van der Waals surface area contributed by atoms with Gasteiger partial charge in [-0.05, 0) is 27.7 Å². The molecule has 0 aromatic carbocycles. The minimum atomic E-state index is -1.63. The average Bonchev–Trinajstić information content (AvgIpc) is 2.13. The summed E-state index contributed by atoms with van der Waals surface area (Å²) in [5.74, 6) is -1.26. The summed E-state index contributed by atoms with van der Waals surface area (Å²) in [6.07, 6.45) is 2.55. The third kappa shape index (κ3) is 6.73. The van der Waals surface area contributed by atoms with Crippen LogP contribution in [0.15, 0.2) is 12.2 Å². The van der Waals surface area contributed by atoms with E-state index < -0.39 is 23.1 Å². The van der Waals surface area contributed by atoms with Crippen LogP contribution in [0.25, 0.3) is 0 Å². The van der Waals surface area contributed by atoms with Crippen LogP contribution in [0.5, 0.6) is 0 Å². The van der Waals surface area contributed by atoms with E-state index >= 15 is 0 Å². The molecule has 0 amide bonds. The highest BCUT2D eigenvalue weighted by atomic mass is 16.6. The molecule has 0 aromatic heterocycles. The third-order valence-corrected chi connectivity index (χ3v) is 1.80. The Bertz CT molecular complexity index is 309. The number of ether oxygens (including phenoxy) is 2. The van der Waals surface area contributed by atoms with E-state index in [0.29, 0.717) is 0 Å². The highest BCUT2D eigenvalue weighted by Crippen LogP contribution is 2.12. The normalized spacial score (nSPS) is 15.4. The second kappa shape index (κ2) is 5.82. The summed E-state index contributed by atoms with van der Waals surface area (Å²) in [7, 11) is 1.19. The summed E-state index contributed by atoms with van der Waals surface area (Å²) < 4.78 is 9.43. The molecule has 5 nitrogen and oxygen atoms in total. The molecule has 0 heterocycles. The molecule has 0 saturated heterocycles. The zero-order valence-corrected chi connectivity index (χ0v) is 10.9. The molecule has 17 heavy (non-hydrogen) atoms. The lowest BCUT2D eigenvalue weighted by Gasteiger charge is -2.19. The molecule has 0 spiro atoms. The lowest BCUT2D eigenvalue weighted by atomic mass is 10.0. The fourth-order valence-electron chi connectivity index (χ4n) is 1.02. The van der Waals surface area contributed by atoms with Crippen LogP contribution < -0.4 is 0 Å². The van der Waals surface area contributed by atoms with Crippen molar-refractivity contribution in [2.75, 3.05) is 7.11 Å². The topological polar surface area (TPSA) is 72.8 Å². The highest BCUT2D eigenvalue weighted by molar-refractivity contribution is 5.83. The first-order valence-corrected chi connectivity index (χ1v) is 5.29. The maximum absolute atomic E-state index is 11.3. The molecule has 1 N–H and O–H groups in total. The van der Waals surface area contributed by atoms with Crippen molar-refractivity contribution < 1.29 is 24.2 Å². The van der Waals surface area contributed by atoms with E-state index in [-0.39, 0.29) is 6.42 Å². The zero-order chi connectivity index (χ0) is 13.7. The smallest absolute Gasteiger partial charge is 0.337 e. The standard InChI is InChI=1S/C12H20O5/c1-11(2,3)17-9(13)7-6-8-12(4,15)10(14)16-5/h6-7,15H,8H2,1-5H3/b7-6+. The number of hydrogen-bond acceptors (Lipinski definition) is 5. The van der Waals surface area contributed by atoms with Gasteiger partial charge in [-0.3, -0.25) is 0 Å². The second-order valence-corrected chi connectivity index (χ2v) is 4.91. The lowest BCUT2D eigenvalue weighted by Crippen LogP contribution is -2.35. The molecule has 0 aliphatic heterocycles. The summed E-state index contributed by atoms with van der Waals surface area (Å²) in [6, 6.07) is 0. The number of aliphatic hydroxyl groups is 1. The lowest BCUT2D eigenvalue weighted by molar-refractivity contribution is -0.160. The molecule has 0 aliphatic carbocycles. The molecular weight excluding hydrogens is 224 g/mol. The number of carbonyl (C=O) groups is 2. The van der Waals surface area contributed by atoms with Gasteiger partial charge in [0.05, 0.1) is 7.11 Å². The molecule has 98 valence electrons. The Hall–Kier alpha value is -1.36. The van der Waals surface area contributed by atoms with Crippen molar-refractivity contribution in [2.24, 2.45) is 0 Å². The Labute approximate surface area is 101 Å². The third-order valence-electron chi connectivity index (χ3n) is 1.80. The molecule has 0 saturated carbocycles. The summed E-state index contributed by atoms with van der Waals surface area (Å²) in [5, 5.41) is 9.65. The van der Waals surface area contributed by atoms with Gasteiger partial charge in [-0.1, -0.05) is 6.08 Å². The first-order chi connectivity index (χ1) is 7.58. The van der Waals surface area contributed by atoms with E-state index in [1.165, 1.54) is 26.2 Å². The predicted molar refractivity (Wildman–Crippen MR) is 62.2 cm³/mol. The quantitative estimate of drug-likeness (QED) is 0.594. The van der Waals surface area contributed by atoms with Crippen LogP contribution in [0.2, 0.25) is 0 Å².